The summed E-state index contributed by atoms with van der Waals surface area (Å²) in [4.78, 5) is 14.6. The number of carbonyl (C=O) groups is 1. The number of hydrogen-bond donors (Lipinski definition) is 1. The monoisotopic (exact) mass is 338 g/mol. The number of rotatable bonds is 4. The van der Waals surface area contributed by atoms with E-state index < -0.39 is 0 Å². The van der Waals surface area contributed by atoms with Gasteiger partial charge >= 0.3 is 0 Å². The Morgan fingerprint density at radius 1 is 1.16 bits per heavy atom. The van der Waals surface area contributed by atoms with Gasteiger partial charge in [0.05, 0.1) is 12.6 Å². The van der Waals surface area contributed by atoms with Gasteiger partial charge in [-0.3, -0.25) is 9.69 Å². The zero-order valence-corrected chi connectivity index (χ0v) is 14.3. The Bertz CT molecular complexity index is 790. The molecule has 0 aromatic heterocycles. The van der Waals surface area contributed by atoms with Crippen LogP contribution in [0.25, 0.3) is 0 Å². The highest BCUT2D eigenvalue weighted by Gasteiger charge is 2.20. The summed E-state index contributed by atoms with van der Waals surface area (Å²) in [6, 6.07) is 14.2. The van der Waals surface area contributed by atoms with E-state index in [0.717, 1.165) is 36.6 Å². The van der Waals surface area contributed by atoms with E-state index in [9.17, 15) is 4.79 Å². The van der Waals surface area contributed by atoms with E-state index in [0.29, 0.717) is 6.54 Å². The first-order chi connectivity index (χ1) is 12.2. The fraction of sp³-hybridized carbons (Fsp3) is 0.350. The van der Waals surface area contributed by atoms with Crippen LogP contribution in [-0.4, -0.2) is 30.7 Å². The van der Waals surface area contributed by atoms with Gasteiger partial charge in [-0.15, -0.1) is 0 Å². The summed E-state index contributed by atoms with van der Waals surface area (Å²) >= 11 is 0. The van der Waals surface area contributed by atoms with Crippen molar-refractivity contribution in [2.24, 2.45) is 0 Å². The lowest BCUT2D eigenvalue weighted by atomic mass is 10.00. The molecule has 0 unspecified atom stereocenters. The fourth-order valence-electron chi connectivity index (χ4n) is 3.45. The molecule has 1 atom stereocenters. The standard InChI is InChI=1S/C20H22N2O3/c1-14(16-6-7-18-19(10-16)25-13-24-18)21-20(23)12-22-9-8-15-4-2-3-5-17(15)11-22/h2-7,10,14H,8-9,11-13H2,1H3,(H,21,23)/t14-/m1/s1. The van der Waals surface area contributed by atoms with Gasteiger partial charge in [-0.05, 0) is 42.2 Å². The first-order valence-electron chi connectivity index (χ1n) is 8.67. The van der Waals surface area contributed by atoms with Gasteiger partial charge in [-0.1, -0.05) is 30.3 Å². The molecule has 25 heavy (non-hydrogen) atoms. The number of ether oxygens (including phenoxy) is 2. The van der Waals surface area contributed by atoms with Crippen LogP contribution in [0.4, 0.5) is 0 Å². The average molecular weight is 338 g/mol. The first kappa shape index (κ1) is 16.0. The SMILES string of the molecule is C[C@@H](NC(=O)CN1CCc2ccccc2C1)c1ccc2c(c1)OCO2. The molecule has 0 fully saturated rings. The third-order valence-corrected chi connectivity index (χ3v) is 4.85. The highest BCUT2D eigenvalue weighted by atomic mass is 16.7. The second-order valence-electron chi connectivity index (χ2n) is 6.63. The van der Waals surface area contributed by atoms with Gasteiger partial charge in [-0.25, -0.2) is 0 Å². The molecule has 0 radical (unpaired) electrons. The van der Waals surface area contributed by atoms with Crippen LogP contribution in [0.15, 0.2) is 42.5 Å². The van der Waals surface area contributed by atoms with Crippen molar-refractivity contribution in [1.82, 2.24) is 10.2 Å². The van der Waals surface area contributed by atoms with Gasteiger partial charge in [0.25, 0.3) is 0 Å². The number of fused-ring (bicyclic) bond motifs is 2. The predicted octanol–water partition coefficient (Wildman–Crippen LogP) is 2.65. The second kappa shape index (κ2) is 6.76. The summed E-state index contributed by atoms with van der Waals surface area (Å²) in [7, 11) is 0. The number of amides is 1. The summed E-state index contributed by atoms with van der Waals surface area (Å²) in [5, 5.41) is 3.08. The number of nitrogens with one attached hydrogen (secondary N) is 1. The lowest BCUT2D eigenvalue weighted by Gasteiger charge is -2.28. The minimum absolute atomic E-state index is 0.0459. The van der Waals surface area contributed by atoms with Gasteiger partial charge in [-0.2, -0.15) is 0 Å². The number of hydrogen-bond acceptors (Lipinski definition) is 4. The Hall–Kier alpha value is -2.53. The van der Waals surface area contributed by atoms with Crippen molar-refractivity contribution in [1.29, 1.82) is 0 Å². The van der Waals surface area contributed by atoms with Crippen LogP contribution < -0.4 is 14.8 Å². The van der Waals surface area contributed by atoms with Crippen LogP contribution in [0.5, 0.6) is 11.5 Å². The molecule has 130 valence electrons. The third kappa shape index (κ3) is 3.46. The lowest BCUT2D eigenvalue weighted by Crippen LogP contribution is -2.40. The van der Waals surface area contributed by atoms with Crippen molar-refractivity contribution < 1.29 is 14.3 Å². The summed E-state index contributed by atoms with van der Waals surface area (Å²) in [6.45, 7) is 4.42. The molecule has 0 bridgehead atoms. The molecular weight excluding hydrogens is 316 g/mol. The fourth-order valence-corrected chi connectivity index (χ4v) is 3.45. The molecule has 0 saturated carbocycles. The van der Waals surface area contributed by atoms with Gasteiger partial charge in [0.15, 0.2) is 11.5 Å². The van der Waals surface area contributed by atoms with E-state index in [1.165, 1.54) is 11.1 Å². The minimum Gasteiger partial charge on any atom is -0.454 e. The molecule has 0 spiro atoms. The van der Waals surface area contributed by atoms with Crippen molar-refractivity contribution in [3.05, 3.63) is 59.2 Å². The summed E-state index contributed by atoms with van der Waals surface area (Å²) in [5.41, 5.74) is 3.74. The van der Waals surface area contributed by atoms with Gasteiger partial charge in [0.1, 0.15) is 0 Å². The molecule has 2 aromatic carbocycles. The van der Waals surface area contributed by atoms with Crippen molar-refractivity contribution in [2.75, 3.05) is 19.9 Å². The molecule has 1 amide bonds. The van der Waals surface area contributed by atoms with Crippen molar-refractivity contribution >= 4 is 5.91 Å². The van der Waals surface area contributed by atoms with E-state index in [1.807, 2.05) is 25.1 Å². The van der Waals surface area contributed by atoms with Crippen LogP contribution in [0.2, 0.25) is 0 Å². The zero-order valence-electron chi connectivity index (χ0n) is 14.3. The Balaban J connectivity index is 1.34. The molecule has 1 N–H and O–H groups in total. The summed E-state index contributed by atoms with van der Waals surface area (Å²) in [5.74, 6) is 1.55. The maximum atomic E-state index is 12.4. The van der Waals surface area contributed by atoms with Crippen LogP contribution >= 0.6 is 0 Å². The molecule has 2 aliphatic rings. The number of benzene rings is 2. The molecule has 0 saturated heterocycles. The zero-order chi connectivity index (χ0) is 17.2. The van der Waals surface area contributed by atoms with Crippen LogP contribution in [0.3, 0.4) is 0 Å². The van der Waals surface area contributed by atoms with E-state index in [-0.39, 0.29) is 18.7 Å². The summed E-state index contributed by atoms with van der Waals surface area (Å²) in [6.07, 6.45) is 1.00. The molecule has 2 heterocycles. The van der Waals surface area contributed by atoms with Crippen LogP contribution in [-0.2, 0) is 17.8 Å². The maximum absolute atomic E-state index is 12.4. The maximum Gasteiger partial charge on any atom is 0.234 e. The van der Waals surface area contributed by atoms with Crippen LogP contribution in [0, 0.1) is 0 Å². The molecule has 0 aliphatic carbocycles. The second-order valence-corrected chi connectivity index (χ2v) is 6.63. The van der Waals surface area contributed by atoms with E-state index >= 15 is 0 Å². The van der Waals surface area contributed by atoms with E-state index in [2.05, 4.69) is 34.5 Å². The van der Waals surface area contributed by atoms with E-state index in [1.54, 1.807) is 0 Å². The third-order valence-electron chi connectivity index (χ3n) is 4.85. The van der Waals surface area contributed by atoms with Gasteiger partial charge < -0.3 is 14.8 Å². The number of nitrogens with zero attached hydrogens (tertiary/aromatic N) is 1. The van der Waals surface area contributed by atoms with Crippen molar-refractivity contribution in [3.8, 4) is 11.5 Å². The average Bonchev–Trinajstić information content (AvgIpc) is 3.09. The van der Waals surface area contributed by atoms with Crippen LogP contribution in [0.1, 0.15) is 29.7 Å². The highest BCUT2D eigenvalue weighted by molar-refractivity contribution is 5.78. The largest absolute Gasteiger partial charge is 0.454 e. The Labute approximate surface area is 147 Å². The smallest absolute Gasteiger partial charge is 0.234 e. The van der Waals surface area contributed by atoms with Gasteiger partial charge in [0, 0.05) is 13.1 Å². The molecular formula is C20H22N2O3. The molecule has 4 rings (SSSR count). The Morgan fingerprint density at radius 3 is 2.84 bits per heavy atom. The lowest BCUT2D eigenvalue weighted by molar-refractivity contribution is -0.123. The Kier molecular flexibility index (Phi) is 4.32. The molecule has 2 aromatic rings. The van der Waals surface area contributed by atoms with Crippen molar-refractivity contribution in [2.45, 2.75) is 25.9 Å². The quantitative estimate of drug-likeness (QED) is 0.931. The Morgan fingerprint density at radius 2 is 1.96 bits per heavy atom. The highest BCUT2D eigenvalue weighted by Crippen LogP contribution is 2.34. The van der Waals surface area contributed by atoms with E-state index in [4.69, 9.17) is 9.47 Å². The topological polar surface area (TPSA) is 50.8 Å². The number of carbonyl (C=O) groups excluding carboxylic acids is 1. The predicted molar refractivity (Wildman–Crippen MR) is 94.5 cm³/mol. The normalized spacial score (nSPS) is 17.0. The van der Waals surface area contributed by atoms with Crippen molar-refractivity contribution in [3.63, 3.8) is 0 Å². The first-order valence-corrected chi connectivity index (χ1v) is 8.67. The minimum atomic E-state index is -0.0703. The molecule has 5 nitrogen and oxygen atoms in total. The summed E-state index contributed by atoms with van der Waals surface area (Å²) < 4.78 is 10.7. The van der Waals surface area contributed by atoms with Gasteiger partial charge in [0.2, 0.25) is 12.7 Å². The molecule has 2 aliphatic heterocycles. The molecule has 5 heteroatoms.